The van der Waals surface area contributed by atoms with E-state index in [0.29, 0.717) is 17.5 Å². The Morgan fingerprint density at radius 3 is 1.41 bits per heavy atom. The Kier molecular flexibility index (Phi) is 7.81. The first kappa shape index (κ1) is 31.5. The summed E-state index contributed by atoms with van der Waals surface area (Å²) in [5.41, 5.74) is 9.95. The third kappa shape index (κ3) is 5.78. The second kappa shape index (κ2) is 13.4. The second-order valence-electron chi connectivity index (χ2n) is 13.6. The predicted octanol–water partition coefficient (Wildman–Crippen LogP) is 13.3. The first-order valence-corrected chi connectivity index (χ1v) is 18.3. The molecule has 1 aromatic heterocycles. The summed E-state index contributed by atoms with van der Waals surface area (Å²) < 4.78 is 0. The van der Waals surface area contributed by atoms with Gasteiger partial charge in [-0.05, 0) is 77.8 Å². The number of hydrogen-bond donors (Lipinski definition) is 0. The number of fused-ring (bicyclic) bond motifs is 3. The Hall–Kier alpha value is -7.23. The molecule has 0 aliphatic carbocycles. The number of rotatable bonds is 6. The molecule has 0 N–H and O–H groups in total. The van der Waals surface area contributed by atoms with Crippen molar-refractivity contribution in [2.75, 3.05) is 0 Å². The predicted molar refractivity (Wildman–Crippen MR) is 225 cm³/mol. The van der Waals surface area contributed by atoms with E-state index in [4.69, 9.17) is 15.0 Å². The maximum Gasteiger partial charge on any atom is 0.164 e. The van der Waals surface area contributed by atoms with Crippen molar-refractivity contribution in [1.82, 2.24) is 15.0 Å². The lowest BCUT2D eigenvalue weighted by atomic mass is 9.95. The highest BCUT2D eigenvalue weighted by atomic mass is 15.0. The first-order chi connectivity index (χ1) is 26.7. The molecule has 10 aromatic rings. The van der Waals surface area contributed by atoms with Crippen LogP contribution in [0, 0.1) is 0 Å². The minimum Gasteiger partial charge on any atom is -0.208 e. The molecule has 3 nitrogen and oxygen atoms in total. The third-order valence-corrected chi connectivity index (χ3v) is 10.3. The summed E-state index contributed by atoms with van der Waals surface area (Å²) in [4.78, 5) is 15.5. The van der Waals surface area contributed by atoms with E-state index in [-0.39, 0.29) is 0 Å². The molecule has 0 aliphatic heterocycles. The third-order valence-electron chi connectivity index (χ3n) is 10.3. The molecule has 0 atom stereocenters. The van der Waals surface area contributed by atoms with Gasteiger partial charge >= 0.3 is 0 Å². The fourth-order valence-corrected chi connectivity index (χ4v) is 7.60. The van der Waals surface area contributed by atoms with Gasteiger partial charge in [-0.2, -0.15) is 0 Å². The summed E-state index contributed by atoms with van der Waals surface area (Å²) in [6, 6.07) is 70.6. The van der Waals surface area contributed by atoms with Crippen LogP contribution in [0.2, 0.25) is 0 Å². The summed E-state index contributed by atoms with van der Waals surface area (Å²) in [6.45, 7) is 0. The quantitative estimate of drug-likeness (QED) is 0.175. The number of nitrogens with zero attached hydrogens (tertiary/aromatic N) is 3. The van der Waals surface area contributed by atoms with E-state index in [1.54, 1.807) is 0 Å². The lowest BCUT2D eigenvalue weighted by Crippen LogP contribution is -2.01. The van der Waals surface area contributed by atoms with E-state index < -0.39 is 0 Å². The standard InChI is InChI=1S/C51H33N3/c1-3-12-34(13-4-1)35-24-26-38(27-25-35)49-52-50(54-51(53-49)48-23-11-21-46-44(20-10-22-47(46)48)36-14-5-2-6-15-36)42-31-29-39-32-41(30-28-40(39)33-42)45-19-9-17-37-16-7-8-18-43(37)45/h1-33H. The Balaban J connectivity index is 1.11. The Morgan fingerprint density at radius 2 is 0.667 bits per heavy atom. The minimum absolute atomic E-state index is 0.636. The van der Waals surface area contributed by atoms with Gasteiger partial charge < -0.3 is 0 Å². The zero-order valence-corrected chi connectivity index (χ0v) is 29.4. The largest absolute Gasteiger partial charge is 0.208 e. The van der Waals surface area contributed by atoms with E-state index in [0.717, 1.165) is 43.8 Å². The van der Waals surface area contributed by atoms with Crippen LogP contribution in [0.4, 0.5) is 0 Å². The van der Waals surface area contributed by atoms with Crippen molar-refractivity contribution in [3.63, 3.8) is 0 Å². The summed E-state index contributed by atoms with van der Waals surface area (Å²) in [5, 5.41) is 7.04. The molecule has 0 fully saturated rings. The highest BCUT2D eigenvalue weighted by Gasteiger charge is 2.16. The van der Waals surface area contributed by atoms with Crippen molar-refractivity contribution in [2.45, 2.75) is 0 Å². The molecular weight excluding hydrogens is 655 g/mol. The van der Waals surface area contributed by atoms with Gasteiger partial charge in [0, 0.05) is 16.7 Å². The van der Waals surface area contributed by atoms with Crippen molar-refractivity contribution < 1.29 is 0 Å². The molecule has 9 aromatic carbocycles. The number of hydrogen-bond acceptors (Lipinski definition) is 3. The molecule has 10 rings (SSSR count). The van der Waals surface area contributed by atoms with Gasteiger partial charge in [0.25, 0.3) is 0 Å². The van der Waals surface area contributed by atoms with Crippen LogP contribution in [0.5, 0.6) is 0 Å². The summed E-state index contributed by atoms with van der Waals surface area (Å²) in [7, 11) is 0. The summed E-state index contributed by atoms with van der Waals surface area (Å²) in [5.74, 6) is 1.92. The summed E-state index contributed by atoms with van der Waals surface area (Å²) in [6.07, 6.45) is 0. The number of aromatic nitrogens is 3. The van der Waals surface area contributed by atoms with Crippen LogP contribution in [0.15, 0.2) is 200 Å². The SMILES string of the molecule is c1ccc(-c2ccc(-c3nc(-c4ccc5cc(-c6cccc7ccccc67)ccc5c4)nc(-c4cccc5c(-c6ccccc6)cccc45)n3)cc2)cc1. The lowest BCUT2D eigenvalue weighted by Gasteiger charge is -2.13. The van der Waals surface area contributed by atoms with Crippen LogP contribution in [0.3, 0.4) is 0 Å². The van der Waals surface area contributed by atoms with Gasteiger partial charge in [-0.25, -0.2) is 15.0 Å². The van der Waals surface area contributed by atoms with E-state index in [1.165, 1.54) is 38.6 Å². The average Bonchev–Trinajstić information content (AvgIpc) is 3.26. The Labute approximate surface area is 313 Å². The Morgan fingerprint density at radius 1 is 0.222 bits per heavy atom. The lowest BCUT2D eigenvalue weighted by molar-refractivity contribution is 1.08. The van der Waals surface area contributed by atoms with Crippen molar-refractivity contribution >= 4 is 32.3 Å². The van der Waals surface area contributed by atoms with Gasteiger partial charge in [0.1, 0.15) is 0 Å². The van der Waals surface area contributed by atoms with E-state index in [9.17, 15) is 0 Å². The van der Waals surface area contributed by atoms with Gasteiger partial charge in [0.15, 0.2) is 17.5 Å². The molecule has 0 amide bonds. The van der Waals surface area contributed by atoms with Gasteiger partial charge in [-0.3, -0.25) is 0 Å². The van der Waals surface area contributed by atoms with Crippen LogP contribution < -0.4 is 0 Å². The maximum absolute atomic E-state index is 5.20. The van der Waals surface area contributed by atoms with Crippen LogP contribution >= 0.6 is 0 Å². The molecule has 1 heterocycles. The van der Waals surface area contributed by atoms with E-state index >= 15 is 0 Å². The summed E-state index contributed by atoms with van der Waals surface area (Å²) >= 11 is 0. The fourth-order valence-electron chi connectivity index (χ4n) is 7.60. The van der Waals surface area contributed by atoms with Gasteiger partial charge in [0.05, 0.1) is 0 Å². The maximum atomic E-state index is 5.20. The zero-order valence-electron chi connectivity index (χ0n) is 29.4. The van der Waals surface area contributed by atoms with Gasteiger partial charge in [-0.1, -0.05) is 188 Å². The van der Waals surface area contributed by atoms with Gasteiger partial charge in [0.2, 0.25) is 0 Å². The first-order valence-electron chi connectivity index (χ1n) is 18.3. The monoisotopic (exact) mass is 687 g/mol. The molecule has 252 valence electrons. The molecule has 0 radical (unpaired) electrons. The molecule has 3 heteroatoms. The molecule has 0 saturated heterocycles. The molecule has 0 aliphatic rings. The molecule has 54 heavy (non-hydrogen) atoms. The van der Waals surface area contributed by atoms with Crippen molar-refractivity contribution in [3.8, 4) is 67.5 Å². The normalized spacial score (nSPS) is 11.3. The van der Waals surface area contributed by atoms with E-state index in [1.807, 2.05) is 6.07 Å². The molecular formula is C51H33N3. The smallest absolute Gasteiger partial charge is 0.164 e. The van der Waals surface area contributed by atoms with Crippen LogP contribution in [-0.2, 0) is 0 Å². The van der Waals surface area contributed by atoms with E-state index in [2.05, 4.69) is 194 Å². The van der Waals surface area contributed by atoms with Crippen molar-refractivity contribution in [1.29, 1.82) is 0 Å². The second-order valence-corrected chi connectivity index (χ2v) is 13.6. The topological polar surface area (TPSA) is 38.7 Å². The van der Waals surface area contributed by atoms with Crippen LogP contribution in [0.25, 0.3) is 99.9 Å². The molecule has 0 unspecified atom stereocenters. The number of benzene rings is 9. The minimum atomic E-state index is 0.636. The highest BCUT2D eigenvalue weighted by molar-refractivity contribution is 6.04. The fraction of sp³-hybridized carbons (Fsp3) is 0. The van der Waals surface area contributed by atoms with Crippen LogP contribution in [-0.4, -0.2) is 15.0 Å². The molecule has 0 bridgehead atoms. The van der Waals surface area contributed by atoms with Crippen molar-refractivity contribution in [3.05, 3.63) is 200 Å². The van der Waals surface area contributed by atoms with Gasteiger partial charge in [-0.15, -0.1) is 0 Å². The highest BCUT2D eigenvalue weighted by Crippen LogP contribution is 2.36. The molecule has 0 spiro atoms. The average molecular weight is 688 g/mol. The Bertz CT molecular complexity index is 2970. The molecule has 0 saturated carbocycles. The van der Waals surface area contributed by atoms with Crippen molar-refractivity contribution in [2.24, 2.45) is 0 Å². The van der Waals surface area contributed by atoms with Crippen LogP contribution in [0.1, 0.15) is 0 Å². The zero-order chi connectivity index (χ0) is 35.8.